The minimum absolute atomic E-state index is 0. The molecule has 3 rings (SSSR count). The number of hydrogen-bond acceptors (Lipinski definition) is 6. The van der Waals surface area contributed by atoms with Crippen LogP contribution in [-0.4, -0.2) is 46.9 Å². The predicted octanol–water partition coefficient (Wildman–Crippen LogP) is 2.39. The van der Waals surface area contributed by atoms with E-state index in [1.165, 1.54) is 6.07 Å². The molecule has 1 unspecified atom stereocenters. The molecule has 2 heterocycles. The van der Waals surface area contributed by atoms with Crippen LogP contribution in [-0.2, 0) is 4.79 Å². The Balaban J connectivity index is 0.00000261. The first kappa shape index (κ1) is 20.6. The molecule has 2 aromatic rings. The summed E-state index contributed by atoms with van der Waals surface area (Å²) in [6.07, 6.45) is 3.76. The van der Waals surface area contributed by atoms with E-state index in [1.54, 1.807) is 30.6 Å². The molecule has 1 fully saturated rings. The van der Waals surface area contributed by atoms with E-state index in [0.717, 1.165) is 12.1 Å². The zero-order valence-electron chi connectivity index (χ0n) is 14.7. The van der Waals surface area contributed by atoms with Crippen molar-refractivity contribution >= 4 is 29.7 Å². The van der Waals surface area contributed by atoms with Crippen LogP contribution in [0.5, 0.6) is 0 Å². The van der Waals surface area contributed by atoms with Crippen molar-refractivity contribution in [1.82, 2.24) is 15.2 Å². The van der Waals surface area contributed by atoms with E-state index in [0.29, 0.717) is 25.3 Å². The Kier molecular flexibility index (Phi) is 7.51. The summed E-state index contributed by atoms with van der Waals surface area (Å²) in [5.41, 5.74) is 1.43. The fourth-order valence-electron chi connectivity index (χ4n) is 3.10. The zero-order chi connectivity index (χ0) is 18.4. The monoisotopic (exact) mass is 391 g/mol. The quantitative estimate of drug-likeness (QED) is 0.579. The van der Waals surface area contributed by atoms with Gasteiger partial charge >= 0.3 is 0 Å². The smallest absolute Gasteiger partial charge is 0.292 e. The lowest BCUT2D eigenvalue weighted by Gasteiger charge is -2.36. The average Bonchev–Trinajstić information content (AvgIpc) is 2.69. The van der Waals surface area contributed by atoms with Crippen LogP contribution in [0.2, 0.25) is 0 Å². The lowest BCUT2D eigenvalue weighted by Crippen LogP contribution is -2.49. The summed E-state index contributed by atoms with van der Waals surface area (Å²) in [5.74, 6) is 0.0198. The number of rotatable bonds is 6. The molecule has 0 saturated carbocycles. The molecule has 1 aromatic carbocycles. The number of nitrogens with one attached hydrogen (secondary N) is 2. The zero-order valence-corrected chi connectivity index (χ0v) is 15.5. The first-order valence-electron chi connectivity index (χ1n) is 8.54. The highest BCUT2D eigenvalue weighted by Crippen LogP contribution is 2.24. The minimum Gasteiger partial charge on any atom is -0.379 e. The van der Waals surface area contributed by atoms with Gasteiger partial charge in [-0.2, -0.15) is 0 Å². The van der Waals surface area contributed by atoms with Gasteiger partial charge in [-0.05, 0) is 17.7 Å². The molecule has 1 saturated heterocycles. The van der Waals surface area contributed by atoms with Gasteiger partial charge in [-0.1, -0.05) is 18.2 Å². The van der Waals surface area contributed by atoms with Crippen molar-refractivity contribution in [3.63, 3.8) is 0 Å². The molecule has 1 aliphatic heterocycles. The largest absolute Gasteiger partial charge is 0.379 e. The van der Waals surface area contributed by atoms with Gasteiger partial charge in [0.15, 0.2) is 0 Å². The Morgan fingerprint density at radius 2 is 2.15 bits per heavy atom. The number of amides is 1. The lowest BCUT2D eigenvalue weighted by atomic mass is 10.0. The molecule has 0 radical (unpaired) electrons. The van der Waals surface area contributed by atoms with E-state index >= 15 is 0 Å². The molecule has 2 N–H and O–H groups in total. The lowest BCUT2D eigenvalue weighted by molar-refractivity contribution is -0.384. The maximum Gasteiger partial charge on any atom is 0.292 e. The predicted molar refractivity (Wildman–Crippen MR) is 105 cm³/mol. The van der Waals surface area contributed by atoms with E-state index in [9.17, 15) is 14.9 Å². The van der Waals surface area contributed by atoms with E-state index < -0.39 is 4.92 Å². The van der Waals surface area contributed by atoms with Gasteiger partial charge in [0.05, 0.1) is 11.0 Å². The van der Waals surface area contributed by atoms with Crippen LogP contribution in [0.15, 0.2) is 48.8 Å². The summed E-state index contributed by atoms with van der Waals surface area (Å²) in [7, 11) is 0. The number of hydrogen-bond donors (Lipinski definition) is 2. The van der Waals surface area contributed by atoms with Crippen LogP contribution in [0.3, 0.4) is 0 Å². The summed E-state index contributed by atoms with van der Waals surface area (Å²) in [6.45, 7) is 2.41. The van der Waals surface area contributed by atoms with Crippen LogP contribution in [0.4, 0.5) is 11.4 Å². The Bertz CT molecular complexity index is 775. The number of benzene rings is 1. The second kappa shape index (κ2) is 9.84. The summed E-state index contributed by atoms with van der Waals surface area (Å²) in [5, 5.41) is 17.4. The van der Waals surface area contributed by atoms with E-state index in [2.05, 4.69) is 15.6 Å². The molecule has 0 bridgehead atoms. The molecule has 8 nitrogen and oxygen atoms in total. The molecule has 0 aliphatic carbocycles. The molecule has 1 aliphatic rings. The molecule has 27 heavy (non-hydrogen) atoms. The minimum atomic E-state index is -0.432. The van der Waals surface area contributed by atoms with Gasteiger partial charge in [0.25, 0.3) is 5.69 Å². The number of aromatic nitrogens is 1. The van der Waals surface area contributed by atoms with Crippen molar-refractivity contribution in [2.24, 2.45) is 0 Å². The Morgan fingerprint density at radius 1 is 1.33 bits per heavy atom. The van der Waals surface area contributed by atoms with Crippen molar-refractivity contribution in [2.75, 3.05) is 31.5 Å². The van der Waals surface area contributed by atoms with Crippen molar-refractivity contribution in [3.05, 3.63) is 64.5 Å². The van der Waals surface area contributed by atoms with E-state index in [1.807, 2.05) is 17.0 Å². The highest BCUT2D eigenvalue weighted by atomic mass is 35.5. The van der Waals surface area contributed by atoms with Gasteiger partial charge in [0.1, 0.15) is 5.69 Å². The standard InChI is InChI=1S/C18H21N5O3.ClH/c24-18(7-9-21-15-5-1-2-6-16(15)23(25)26)22-11-10-20-13-17(22)14-4-3-8-19-12-14;/h1-6,8,12,17,20-21H,7,9-11,13H2;1H. The SMILES string of the molecule is Cl.O=C(CCNc1ccccc1[N+](=O)[O-])N1CCNCC1c1cccnc1. The number of pyridine rings is 1. The molecule has 0 spiro atoms. The number of piperazine rings is 1. The fraction of sp³-hybridized carbons (Fsp3) is 0.333. The van der Waals surface area contributed by atoms with Gasteiger partial charge in [-0.25, -0.2) is 0 Å². The fourth-order valence-corrected chi connectivity index (χ4v) is 3.10. The third-order valence-corrected chi connectivity index (χ3v) is 4.39. The Labute approximate surface area is 163 Å². The van der Waals surface area contributed by atoms with Crippen molar-refractivity contribution in [2.45, 2.75) is 12.5 Å². The molecule has 1 amide bonds. The van der Waals surface area contributed by atoms with Gasteiger partial charge in [-0.15, -0.1) is 12.4 Å². The molecule has 144 valence electrons. The molecular weight excluding hydrogens is 370 g/mol. The van der Waals surface area contributed by atoms with E-state index in [-0.39, 0.29) is 36.5 Å². The normalized spacial score (nSPS) is 16.3. The Hall–Kier alpha value is -2.71. The van der Waals surface area contributed by atoms with Crippen LogP contribution >= 0.6 is 12.4 Å². The topological polar surface area (TPSA) is 100 Å². The molecule has 1 aromatic heterocycles. The van der Waals surface area contributed by atoms with Crippen molar-refractivity contribution in [3.8, 4) is 0 Å². The second-order valence-corrected chi connectivity index (χ2v) is 6.04. The number of carbonyl (C=O) groups is 1. The number of nitrogens with zero attached hydrogens (tertiary/aromatic N) is 3. The summed E-state index contributed by atoms with van der Waals surface area (Å²) in [4.78, 5) is 29.3. The molecular formula is C18H22ClN5O3. The summed E-state index contributed by atoms with van der Waals surface area (Å²) in [6, 6.07) is 10.2. The van der Waals surface area contributed by atoms with Gasteiger partial charge in [-0.3, -0.25) is 19.9 Å². The summed E-state index contributed by atoms with van der Waals surface area (Å²) >= 11 is 0. The first-order chi connectivity index (χ1) is 12.7. The number of anilines is 1. The third-order valence-electron chi connectivity index (χ3n) is 4.39. The number of nitro benzene ring substituents is 1. The van der Waals surface area contributed by atoms with Gasteiger partial charge < -0.3 is 15.5 Å². The maximum absolute atomic E-state index is 12.7. The number of halogens is 1. The number of para-hydroxylation sites is 2. The van der Waals surface area contributed by atoms with Crippen molar-refractivity contribution < 1.29 is 9.72 Å². The second-order valence-electron chi connectivity index (χ2n) is 6.04. The average molecular weight is 392 g/mol. The van der Waals surface area contributed by atoms with Crippen LogP contribution in [0.1, 0.15) is 18.0 Å². The highest BCUT2D eigenvalue weighted by Gasteiger charge is 2.27. The maximum atomic E-state index is 12.7. The van der Waals surface area contributed by atoms with Crippen molar-refractivity contribution in [1.29, 1.82) is 0 Å². The van der Waals surface area contributed by atoms with Gasteiger partial charge in [0, 0.05) is 51.1 Å². The molecule has 1 atom stereocenters. The van der Waals surface area contributed by atoms with Crippen LogP contribution in [0, 0.1) is 10.1 Å². The summed E-state index contributed by atoms with van der Waals surface area (Å²) < 4.78 is 0. The highest BCUT2D eigenvalue weighted by molar-refractivity contribution is 5.85. The third kappa shape index (κ3) is 5.15. The number of nitro groups is 1. The first-order valence-corrected chi connectivity index (χ1v) is 8.54. The Morgan fingerprint density at radius 3 is 2.89 bits per heavy atom. The van der Waals surface area contributed by atoms with E-state index in [4.69, 9.17) is 0 Å². The van der Waals surface area contributed by atoms with Gasteiger partial charge in [0.2, 0.25) is 5.91 Å². The van der Waals surface area contributed by atoms with Crippen LogP contribution < -0.4 is 10.6 Å². The number of carbonyl (C=O) groups excluding carboxylic acids is 1. The molecule has 9 heteroatoms. The van der Waals surface area contributed by atoms with Crippen LogP contribution in [0.25, 0.3) is 0 Å².